The van der Waals surface area contributed by atoms with Crippen LogP contribution >= 0.6 is 11.6 Å². The molecule has 0 spiro atoms. The summed E-state index contributed by atoms with van der Waals surface area (Å²) in [5.41, 5.74) is 4.51. The lowest BCUT2D eigenvalue weighted by Gasteiger charge is -2.23. The largest absolute Gasteiger partial charge is 0.305 e. The summed E-state index contributed by atoms with van der Waals surface area (Å²) in [6.45, 7) is 5.74. The second-order valence-corrected chi connectivity index (χ2v) is 9.91. The van der Waals surface area contributed by atoms with E-state index in [0.29, 0.717) is 5.69 Å². The van der Waals surface area contributed by atoms with Gasteiger partial charge >= 0.3 is 0 Å². The van der Waals surface area contributed by atoms with Gasteiger partial charge in [-0.25, -0.2) is 8.42 Å². The number of hydrogen-bond acceptors (Lipinski definition) is 3. The molecular formula is C24H23ClN2O3S. The van der Waals surface area contributed by atoms with Gasteiger partial charge in [0, 0.05) is 17.3 Å². The standard InChI is InChI=1S/C24H23ClN2O3S/c1-15-7-6-9-21(17(15)3)26-31(29,30)23-14-19(11-12-20(23)25)24(28)27-16(2)13-18-8-4-5-10-22(18)27/h4-12,14,16,26H,13H2,1-3H3. The van der Waals surface area contributed by atoms with E-state index in [1.807, 2.05) is 51.1 Å². The summed E-state index contributed by atoms with van der Waals surface area (Å²) in [6, 6.07) is 17.5. The van der Waals surface area contributed by atoms with Crippen molar-refractivity contribution in [3.05, 3.63) is 87.9 Å². The third kappa shape index (κ3) is 3.93. The van der Waals surface area contributed by atoms with E-state index in [2.05, 4.69) is 4.72 Å². The summed E-state index contributed by atoms with van der Waals surface area (Å²) in [7, 11) is -3.99. The predicted octanol–water partition coefficient (Wildman–Crippen LogP) is 5.35. The molecule has 7 heteroatoms. The van der Waals surface area contributed by atoms with Crippen molar-refractivity contribution in [1.82, 2.24) is 0 Å². The van der Waals surface area contributed by atoms with Gasteiger partial charge in [0.25, 0.3) is 15.9 Å². The molecule has 4 rings (SSSR count). The van der Waals surface area contributed by atoms with Crippen LogP contribution < -0.4 is 9.62 Å². The van der Waals surface area contributed by atoms with Crippen LogP contribution in [0.25, 0.3) is 0 Å². The van der Waals surface area contributed by atoms with Crippen LogP contribution in [0.4, 0.5) is 11.4 Å². The average molecular weight is 455 g/mol. The van der Waals surface area contributed by atoms with Crippen LogP contribution in [0.15, 0.2) is 65.6 Å². The minimum Gasteiger partial charge on any atom is -0.305 e. The lowest BCUT2D eigenvalue weighted by Crippen LogP contribution is -2.35. The van der Waals surface area contributed by atoms with Gasteiger partial charge in [-0.15, -0.1) is 0 Å². The molecule has 31 heavy (non-hydrogen) atoms. The zero-order valence-corrected chi connectivity index (χ0v) is 19.1. The molecule has 1 unspecified atom stereocenters. The highest BCUT2D eigenvalue weighted by molar-refractivity contribution is 7.92. The van der Waals surface area contributed by atoms with E-state index in [1.54, 1.807) is 23.1 Å². The molecule has 1 aliphatic rings. The molecule has 0 saturated carbocycles. The SMILES string of the molecule is Cc1cccc(NS(=O)(=O)c2cc(C(=O)N3c4ccccc4CC3C)ccc2Cl)c1C. The van der Waals surface area contributed by atoms with E-state index in [9.17, 15) is 13.2 Å². The number of anilines is 2. The van der Waals surface area contributed by atoms with Gasteiger partial charge in [0.15, 0.2) is 0 Å². The van der Waals surface area contributed by atoms with E-state index in [-0.39, 0.29) is 27.4 Å². The highest BCUT2D eigenvalue weighted by Crippen LogP contribution is 2.34. The number of amides is 1. The molecule has 0 fully saturated rings. The first-order valence-corrected chi connectivity index (χ1v) is 11.8. The Morgan fingerprint density at radius 1 is 1.06 bits per heavy atom. The van der Waals surface area contributed by atoms with Crippen LogP contribution in [0.1, 0.15) is 34.0 Å². The Morgan fingerprint density at radius 3 is 2.58 bits per heavy atom. The molecule has 0 saturated heterocycles. The fourth-order valence-electron chi connectivity index (χ4n) is 3.92. The molecule has 0 aromatic heterocycles. The lowest BCUT2D eigenvalue weighted by molar-refractivity contribution is 0.0981. The molecule has 1 amide bonds. The number of nitrogens with one attached hydrogen (secondary N) is 1. The second kappa shape index (κ2) is 8.02. The first kappa shape index (κ1) is 21.4. The number of sulfonamides is 1. The molecule has 160 valence electrons. The van der Waals surface area contributed by atoms with Crippen molar-refractivity contribution in [3.8, 4) is 0 Å². The van der Waals surface area contributed by atoms with E-state index < -0.39 is 10.0 Å². The van der Waals surface area contributed by atoms with E-state index in [0.717, 1.165) is 28.8 Å². The summed E-state index contributed by atoms with van der Waals surface area (Å²) in [5.74, 6) is -0.252. The van der Waals surface area contributed by atoms with Gasteiger partial charge in [-0.2, -0.15) is 0 Å². The summed E-state index contributed by atoms with van der Waals surface area (Å²) in [5, 5.41) is 0.0595. The van der Waals surface area contributed by atoms with Gasteiger partial charge in [0.05, 0.1) is 10.7 Å². The topological polar surface area (TPSA) is 66.5 Å². The molecular weight excluding hydrogens is 432 g/mol. The number of hydrogen-bond donors (Lipinski definition) is 1. The normalized spacial score (nSPS) is 15.6. The summed E-state index contributed by atoms with van der Waals surface area (Å²) in [4.78, 5) is 14.9. The zero-order chi connectivity index (χ0) is 22.3. The Balaban J connectivity index is 1.70. The Kier molecular flexibility index (Phi) is 5.54. The van der Waals surface area contributed by atoms with Crippen molar-refractivity contribution in [2.24, 2.45) is 0 Å². The van der Waals surface area contributed by atoms with Crippen LogP contribution in [0, 0.1) is 13.8 Å². The van der Waals surface area contributed by atoms with Crippen molar-refractivity contribution < 1.29 is 13.2 Å². The van der Waals surface area contributed by atoms with Gasteiger partial charge in [-0.1, -0.05) is 41.9 Å². The summed E-state index contributed by atoms with van der Waals surface area (Å²) >= 11 is 6.25. The van der Waals surface area contributed by atoms with Crippen molar-refractivity contribution >= 4 is 38.9 Å². The van der Waals surface area contributed by atoms with Crippen LogP contribution in [0.2, 0.25) is 5.02 Å². The maximum atomic E-state index is 13.3. The number of halogens is 1. The highest BCUT2D eigenvalue weighted by atomic mass is 35.5. The maximum absolute atomic E-state index is 13.3. The van der Waals surface area contributed by atoms with Crippen molar-refractivity contribution in [2.45, 2.75) is 38.1 Å². The second-order valence-electron chi connectivity index (χ2n) is 7.86. The van der Waals surface area contributed by atoms with Crippen LogP contribution in [0.3, 0.4) is 0 Å². The quantitative estimate of drug-likeness (QED) is 0.577. The third-order valence-corrected chi connectivity index (χ3v) is 7.59. The van der Waals surface area contributed by atoms with Crippen LogP contribution in [-0.2, 0) is 16.4 Å². The zero-order valence-electron chi connectivity index (χ0n) is 17.5. The number of rotatable bonds is 4. The van der Waals surface area contributed by atoms with E-state index in [1.165, 1.54) is 12.1 Å². The minimum atomic E-state index is -3.99. The van der Waals surface area contributed by atoms with Gasteiger partial charge < -0.3 is 4.90 Å². The molecule has 0 aliphatic carbocycles. The monoisotopic (exact) mass is 454 g/mol. The Morgan fingerprint density at radius 2 is 1.81 bits per heavy atom. The Labute approximate surface area is 187 Å². The molecule has 0 radical (unpaired) electrons. The minimum absolute atomic E-state index is 0.0197. The molecule has 1 atom stereocenters. The maximum Gasteiger partial charge on any atom is 0.263 e. The third-order valence-electron chi connectivity index (χ3n) is 5.74. The summed E-state index contributed by atoms with van der Waals surface area (Å²) < 4.78 is 28.9. The molecule has 1 N–H and O–H groups in total. The number of para-hydroxylation sites is 1. The molecule has 1 heterocycles. The molecule has 1 aliphatic heterocycles. The van der Waals surface area contributed by atoms with Crippen molar-refractivity contribution in [3.63, 3.8) is 0 Å². The van der Waals surface area contributed by atoms with Gasteiger partial charge in [-0.05, 0) is 74.2 Å². The van der Waals surface area contributed by atoms with Crippen LogP contribution in [-0.4, -0.2) is 20.4 Å². The van der Waals surface area contributed by atoms with Gasteiger partial charge in [-0.3, -0.25) is 9.52 Å². The Bertz CT molecular complexity index is 1290. The highest BCUT2D eigenvalue weighted by Gasteiger charge is 2.32. The number of carbonyl (C=O) groups excluding carboxylic acids is 1. The summed E-state index contributed by atoms with van der Waals surface area (Å²) in [6.07, 6.45) is 0.759. The van der Waals surface area contributed by atoms with E-state index in [4.69, 9.17) is 11.6 Å². The number of carbonyl (C=O) groups is 1. The predicted molar refractivity (Wildman–Crippen MR) is 125 cm³/mol. The smallest absolute Gasteiger partial charge is 0.263 e. The average Bonchev–Trinajstić information content (AvgIpc) is 3.06. The van der Waals surface area contributed by atoms with E-state index >= 15 is 0 Å². The van der Waals surface area contributed by atoms with Crippen molar-refractivity contribution in [1.29, 1.82) is 0 Å². The molecule has 0 bridgehead atoms. The Hall–Kier alpha value is -2.83. The number of nitrogens with zero attached hydrogens (tertiary/aromatic N) is 1. The number of fused-ring (bicyclic) bond motifs is 1. The fourth-order valence-corrected chi connectivity index (χ4v) is 5.57. The van der Waals surface area contributed by atoms with Crippen molar-refractivity contribution in [2.75, 3.05) is 9.62 Å². The molecule has 3 aromatic carbocycles. The van der Waals surface area contributed by atoms with Crippen LogP contribution in [0.5, 0.6) is 0 Å². The lowest BCUT2D eigenvalue weighted by atomic mass is 10.1. The molecule has 3 aromatic rings. The fraction of sp³-hybridized carbons (Fsp3) is 0.208. The number of aryl methyl sites for hydroxylation is 1. The first-order valence-electron chi connectivity index (χ1n) is 9.99. The first-order chi connectivity index (χ1) is 14.7. The number of benzene rings is 3. The van der Waals surface area contributed by atoms with Gasteiger partial charge in [0.1, 0.15) is 4.90 Å². The van der Waals surface area contributed by atoms with Gasteiger partial charge in [0.2, 0.25) is 0 Å². The molecule has 5 nitrogen and oxygen atoms in total.